The molecule has 1 amide bonds. The van der Waals surface area contributed by atoms with Gasteiger partial charge in [-0.2, -0.15) is 0 Å². The van der Waals surface area contributed by atoms with Crippen molar-refractivity contribution in [1.82, 2.24) is 19.9 Å². The molecule has 0 fully saturated rings. The summed E-state index contributed by atoms with van der Waals surface area (Å²) >= 11 is 1.68. The summed E-state index contributed by atoms with van der Waals surface area (Å²) in [4.78, 5) is 20.5. The van der Waals surface area contributed by atoms with E-state index in [1.807, 2.05) is 31.5 Å². The molecule has 5 nitrogen and oxygen atoms in total. The fourth-order valence-electron chi connectivity index (χ4n) is 2.28. The number of nitrogens with one attached hydrogen (secondary N) is 1. The number of imidazole rings is 1. The molecule has 0 saturated heterocycles. The smallest absolute Gasteiger partial charge is 0.222 e. The van der Waals surface area contributed by atoms with Gasteiger partial charge in [0.1, 0.15) is 5.82 Å². The Balaban J connectivity index is 1.67. The summed E-state index contributed by atoms with van der Waals surface area (Å²) in [5, 5.41) is 6.18. The fraction of sp³-hybridized carbons (Fsp3) is 0.533. The van der Waals surface area contributed by atoms with Crippen molar-refractivity contribution >= 4 is 17.2 Å². The SMILES string of the molecule is Cc1csc(CCCNC(=O)CC(C)n2ccnc2C)n1. The third kappa shape index (κ3) is 4.67. The van der Waals surface area contributed by atoms with Crippen molar-refractivity contribution in [3.8, 4) is 0 Å². The Morgan fingerprint density at radius 1 is 1.48 bits per heavy atom. The van der Waals surface area contributed by atoms with Gasteiger partial charge >= 0.3 is 0 Å². The maximum Gasteiger partial charge on any atom is 0.222 e. The Hall–Kier alpha value is -1.69. The summed E-state index contributed by atoms with van der Waals surface area (Å²) in [6, 6.07) is 0.133. The minimum absolute atomic E-state index is 0.0888. The molecule has 1 unspecified atom stereocenters. The Morgan fingerprint density at radius 3 is 2.90 bits per heavy atom. The predicted molar refractivity (Wildman–Crippen MR) is 84.5 cm³/mol. The van der Waals surface area contributed by atoms with Gasteiger partial charge in [-0.05, 0) is 27.2 Å². The van der Waals surface area contributed by atoms with Gasteiger partial charge in [0.15, 0.2) is 0 Å². The molecule has 0 aliphatic rings. The van der Waals surface area contributed by atoms with Crippen LogP contribution in [0.2, 0.25) is 0 Å². The van der Waals surface area contributed by atoms with Crippen LogP contribution in [0.4, 0.5) is 0 Å². The van der Waals surface area contributed by atoms with Gasteiger partial charge in [-0.1, -0.05) is 0 Å². The average molecular weight is 306 g/mol. The van der Waals surface area contributed by atoms with Crippen molar-refractivity contribution in [1.29, 1.82) is 0 Å². The van der Waals surface area contributed by atoms with Crippen molar-refractivity contribution < 1.29 is 4.79 Å². The molecule has 0 bridgehead atoms. The van der Waals surface area contributed by atoms with Crippen LogP contribution >= 0.6 is 11.3 Å². The first kappa shape index (κ1) is 15.7. The number of aryl methyl sites for hydroxylation is 3. The van der Waals surface area contributed by atoms with Crippen LogP contribution in [0.25, 0.3) is 0 Å². The van der Waals surface area contributed by atoms with E-state index >= 15 is 0 Å². The summed E-state index contributed by atoms with van der Waals surface area (Å²) in [6.45, 7) is 6.69. The molecule has 0 aliphatic carbocycles. The molecule has 2 aromatic rings. The quantitative estimate of drug-likeness (QED) is 0.800. The Kier molecular flexibility index (Phi) is 5.50. The van der Waals surface area contributed by atoms with Crippen molar-refractivity contribution in [3.63, 3.8) is 0 Å². The highest BCUT2D eigenvalue weighted by molar-refractivity contribution is 7.09. The largest absolute Gasteiger partial charge is 0.356 e. The minimum atomic E-state index is 0.0888. The number of nitrogens with zero attached hydrogens (tertiary/aromatic N) is 3. The lowest BCUT2D eigenvalue weighted by Crippen LogP contribution is -2.27. The molecule has 1 atom stereocenters. The van der Waals surface area contributed by atoms with Gasteiger partial charge in [-0.25, -0.2) is 9.97 Å². The van der Waals surface area contributed by atoms with Gasteiger partial charge in [0, 0.05) is 48.9 Å². The number of carbonyl (C=O) groups excluding carboxylic acids is 1. The van der Waals surface area contributed by atoms with E-state index in [0.717, 1.165) is 29.4 Å². The van der Waals surface area contributed by atoms with Gasteiger partial charge < -0.3 is 9.88 Å². The first-order valence-corrected chi connectivity index (χ1v) is 8.11. The lowest BCUT2D eigenvalue weighted by atomic mass is 10.2. The molecule has 0 spiro atoms. The zero-order chi connectivity index (χ0) is 15.2. The van der Waals surface area contributed by atoms with Crippen LogP contribution in [0.3, 0.4) is 0 Å². The average Bonchev–Trinajstić information content (AvgIpc) is 3.03. The third-order valence-electron chi connectivity index (χ3n) is 3.37. The normalized spacial score (nSPS) is 12.3. The summed E-state index contributed by atoms with van der Waals surface area (Å²) in [7, 11) is 0. The van der Waals surface area contributed by atoms with Crippen LogP contribution in [0, 0.1) is 13.8 Å². The predicted octanol–water partition coefficient (Wildman–Crippen LogP) is 2.66. The van der Waals surface area contributed by atoms with Gasteiger partial charge in [0.2, 0.25) is 5.91 Å². The van der Waals surface area contributed by atoms with E-state index in [1.54, 1.807) is 17.5 Å². The second kappa shape index (κ2) is 7.36. The first-order valence-electron chi connectivity index (χ1n) is 7.23. The third-order valence-corrected chi connectivity index (χ3v) is 4.40. The summed E-state index contributed by atoms with van der Waals surface area (Å²) < 4.78 is 2.03. The second-order valence-electron chi connectivity index (χ2n) is 5.27. The van der Waals surface area contributed by atoms with Crippen molar-refractivity contribution in [3.05, 3.63) is 34.3 Å². The molecule has 114 valence electrons. The number of amides is 1. The molecular formula is C15H22N4OS. The van der Waals surface area contributed by atoms with Gasteiger partial charge in [-0.15, -0.1) is 11.3 Å². The van der Waals surface area contributed by atoms with E-state index in [0.29, 0.717) is 13.0 Å². The maximum atomic E-state index is 11.9. The highest BCUT2D eigenvalue weighted by atomic mass is 32.1. The van der Waals surface area contributed by atoms with Crippen LogP contribution in [0.15, 0.2) is 17.8 Å². The van der Waals surface area contributed by atoms with Crippen molar-refractivity contribution in [2.24, 2.45) is 0 Å². The zero-order valence-corrected chi connectivity index (χ0v) is 13.6. The summed E-state index contributed by atoms with van der Waals surface area (Å²) in [5.74, 6) is 1.03. The van der Waals surface area contributed by atoms with Gasteiger partial charge in [-0.3, -0.25) is 4.79 Å². The molecular weight excluding hydrogens is 284 g/mol. The van der Waals surface area contributed by atoms with E-state index in [-0.39, 0.29) is 11.9 Å². The first-order chi connectivity index (χ1) is 10.1. The van der Waals surface area contributed by atoms with Crippen molar-refractivity contribution in [2.75, 3.05) is 6.54 Å². The molecule has 0 saturated carbocycles. The van der Waals surface area contributed by atoms with E-state index in [9.17, 15) is 4.79 Å². The molecule has 6 heteroatoms. The number of hydrogen-bond acceptors (Lipinski definition) is 4. The summed E-state index contributed by atoms with van der Waals surface area (Å²) in [6.07, 6.45) is 6.01. The van der Waals surface area contributed by atoms with Gasteiger partial charge in [0.05, 0.1) is 5.01 Å². The number of hydrogen-bond donors (Lipinski definition) is 1. The Bertz CT molecular complexity index is 590. The number of aromatic nitrogens is 3. The van der Waals surface area contributed by atoms with Crippen LogP contribution in [-0.4, -0.2) is 27.0 Å². The van der Waals surface area contributed by atoms with E-state index in [4.69, 9.17) is 0 Å². The molecule has 2 heterocycles. The lowest BCUT2D eigenvalue weighted by Gasteiger charge is -2.14. The molecule has 2 aromatic heterocycles. The summed E-state index contributed by atoms with van der Waals surface area (Å²) in [5.41, 5.74) is 1.07. The van der Waals surface area contributed by atoms with Crippen molar-refractivity contribution in [2.45, 2.75) is 46.1 Å². The van der Waals surface area contributed by atoms with Crippen LogP contribution in [0.1, 0.15) is 42.3 Å². The van der Waals surface area contributed by atoms with Crippen LogP contribution < -0.4 is 5.32 Å². The minimum Gasteiger partial charge on any atom is -0.356 e. The molecule has 0 radical (unpaired) electrons. The zero-order valence-electron chi connectivity index (χ0n) is 12.8. The molecule has 0 aliphatic heterocycles. The van der Waals surface area contributed by atoms with Gasteiger partial charge in [0.25, 0.3) is 0 Å². The molecule has 2 rings (SSSR count). The monoisotopic (exact) mass is 306 g/mol. The molecule has 0 aromatic carbocycles. The van der Waals surface area contributed by atoms with E-state index in [1.165, 1.54) is 0 Å². The topological polar surface area (TPSA) is 59.8 Å². The maximum absolute atomic E-state index is 11.9. The van der Waals surface area contributed by atoms with Crippen LogP contribution in [0.5, 0.6) is 0 Å². The second-order valence-corrected chi connectivity index (χ2v) is 6.21. The van der Waals surface area contributed by atoms with E-state index in [2.05, 4.69) is 20.7 Å². The lowest BCUT2D eigenvalue weighted by molar-refractivity contribution is -0.121. The van der Waals surface area contributed by atoms with E-state index < -0.39 is 0 Å². The molecule has 21 heavy (non-hydrogen) atoms. The number of carbonyl (C=O) groups is 1. The highest BCUT2D eigenvalue weighted by Gasteiger charge is 2.11. The number of thiazole rings is 1. The Morgan fingerprint density at radius 2 is 2.29 bits per heavy atom. The Labute approximate surface area is 129 Å². The fourth-order valence-corrected chi connectivity index (χ4v) is 3.10. The van der Waals surface area contributed by atoms with Crippen LogP contribution in [-0.2, 0) is 11.2 Å². The highest BCUT2D eigenvalue weighted by Crippen LogP contribution is 2.13. The standard InChI is InChI=1S/C15H22N4OS/c1-11-10-21-15(18-11)5-4-6-17-14(20)9-12(2)19-8-7-16-13(19)3/h7-8,10,12H,4-6,9H2,1-3H3,(H,17,20). The molecule has 1 N–H and O–H groups in total. The number of rotatable bonds is 7.